The third-order valence-electron chi connectivity index (χ3n) is 4.73. The quantitative estimate of drug-likeness (QED) is 0.554. The molecule has 2 aromatic rings. The molecule has 0 aromatic heterocycles. The molecule has 8 heteroatoms. The molecule has 1 aliphatic rings. The molecule has 152 valence electrons. The van der Waals surface area contributed by atoms with E-state index >= 15 is 0 Å². The maximum Gasteiger partial charge on any atom is 0.289 e. The van der Waals surface area contributed by atoms with E-state index in [1.54, 1.807) is 6.07 Å². The van der Waals surface area contributed by atoms with Crippen LogP contribution in [0.1, 0.15) is 5.56 Å². The van der Waals surface area contributed by atoms with Gasteiger partial charge in [0.25, 0.3) is 5.69 Å². The Bertz CT molecular complexity index is 881. The van der Waals surface area contributed by atoms with Crippen molar-refractivity contribution in [3.63, 3.8) is 0 Å². The Morgan fingerprint density at radius 1 is 1.10 bits per heavy atom. The van der Waals surface area contributed by atoms with Crippen molar-refractivity contribution in [2.45, 2.75) is 0 Å². The Balaban J connectivity index is 1.42. The number of nitro groups is 1. The van der Waals surface area contributed by atoms with E-state index in [0.717, 1.165) is 32.7 Å². The highest BCUT2D eigenvalue weighted by atomic mass is 35.5. The van der Waals surface area contributed by atoms with Gasteiger partial charge in [-0.2, -0.15) is 0 Å². The van der Waals surface area contributed by atoms with Crippen LogP contribution in [0, 0.1) is 10.1 Å². The first kappa shape index (κ1) is 21.0. The molecule has 2 aromatic carbocycles. The lowest BCUT2D eigenvalue weighted by molar-refractivity contribution is -0.384. The number of carbonyl (C=O) groups excluding carboxylic acids is 1. The van der Waals surface area contributed by atoms with Gasteiger partial charge in [0, 0.05) is 44.5 Å². The summed E-state index contributed by atoms with van der Waals surface area (Å²) in [5, 5.41) is 13.7. The smallest absolute Gasteiger partial charge is 0.289 e. The molecule has 1 heterocycles. The maximum atomic E-state index is 12.3. The fourth-order valence-corrected chi connectivity index (χ4v) is 3.35. The molecular weight excluding hydrogens is 392 g/mol. The van der Waals surface area contributed by atoms with E-state index in [1.807, 2.05) is 18.2 Å². The summed E-state index contributed by atoms with van der Waals surface area (Å²) in [6.07, 6.45) is 4.27. The molecule has 0 atom stereocenters. The molecule has 29 heavy (non-hydrogen) atoms. The molecule has 0 aliphatic carbocycles. The van der Waals surface area contributed by atoms with Gasteiger partial charge < -0.3 is 5.32 Å². The van der Waals surface area contributed by atoms with Gasteiger partial charge in [0.1, 0.15) is 5.02 Å². The van der Waals surface area contributed by atoms with Crippen LogP contribution in [0.25, 0.3) is 6.08 Å². The van der Waals surface area contributed by atoms with Gasteiger partial charge in [-0.3, -0.25) is 24.7 Å². The van der Waals surface area contributed by atoms with Crippen LogP contribution in [0.2, 0.25) is 5.02 Å². The highest BCUT2D eigenvalue weighted by Gasteiger charge is 2.19. The lowest BCUT2D eigenvalue weighted by atomic mass is 10.2. The minimum absolute atomic E-state index is 0.0467. The Morgan fingerprint density at radius 3 is 2.48 bits per heavy atom. The topological polar surface area (TPSA) is 78.7 Å². The largest absolute Gasteiger partial charge is 0.325 e. The number of hydrogen-bond donors (Lipinski definition) is 1. The summed E-state index contributed by atoms with van der Waals surface area (Å²) < 4.78 is 0. The van der Waals surface area contributed by atoms with Gasteiger partial charge >= 0.3 is 0 Å². The average molecular weight is 415 g/mol. The average Bonchev–Trinajstić information content (AvgIpc) is 2.71. The predicted octanol–water partition coefficient (Wildman–Crippen LogP) is 3.52. The Kier molecular flexibility index (Phi) is 7.35. The van der Waals surface area contributed by atoms with Crippen LogP contribution in [0.3, 0.4) is 0 Å². The standard InChI is InChI=1S/C21H23ClN4O3/c22-19-9-8-18(15-20(19)26(28)29)23-21(27)16-25-13-11-24(12-14-25)10-4-7-17-5-2-1-3-6-17/h1-9,15H,10-14,16H2,(H,23,27). The number of rotatable bonds is 7. The second-order valence-corrected chi connectivity index (χ2v) is 7.27. The van der Waals surface area contributed by atoms with Crippen molar-refractivity contribution < 1.29 is 9.72 Å². The number of anilines is 1. The van der Waals surface area contributed by atoms with Crippen molar-refractivity contribution in [3.8, 4) is 0 Å². The normalized spacial score (nSPS) is 15.5. The minimum atomic E-state index is -0.566. The fourth-order valence-electron chi connectivity index (χ4n) is 3.17. The molecule has 1 saturated heterocycles. The summed E-state index contributed by atoms with van der Waals surface area (Å²) in [6.45, 7) is 4.51. The van der Waals surface area contributed by atoms with E-state index in [9.17, 15) is 14.9 Å². The second kappa shape index (κ2) is 10.2. The number of amides is 1. The third-order valence-corrected chi connectivity index (χ3v) is 5.05. The van der Waals surface area contributed by atoms with Gasteiger partial charge in [0.15, 0.2) is 0 Å². The highest BCUT2D eigenvalue weighted by molar-refractivity contribution is 6.32. The first-order valence-electron chi connectivity index (χ1n) is 9.41. The summed E-state index contributed by atoms with van der Waals surface area (Å²) in [4.78, 5) is 27.1. The lowest BCUT2D eigenvalue weighted by Gasteiger charge is -2.33. The molecule has 0 saturated carbocycles. The van der Waals surface area contributed by atoms with Crippen LogP contribution in [0.5, 0.6) is 0 Å². The number of halogens is 1. The van der Waals surface area contributed by atoms with Crippen LogP contribution in [-0.2, 0) is 4.79 Å². The van der Waals surface area contributed by atoms with E-state index < -0.39 is 4.92 Å². The Hall–Kier alpha value is -2.74. The zero-order valence-electron chi connectivity index (χ0n) is 16.0. The van der Waals surface area contributed by atoms with E-state index in [-0.39, 0.29) is 23.2 Å². The van der Waals surface area contributed by atoms with Gasteiger partial charge in [-0.05, 0) is 17.7 Å². The number of hydrogen-bond acceptors (Lipinski definition) is 5. The molecule has 0 radical (unpaired) electrons. The van der Waals surface area contributed by atoms with Crippen molar-refractivity contribution in [1.82, 2.24) is 9.80 Å². The second-order valence-electron chi connectivity index (χ2n) is 6.86. The van der Waals surface area contributed by atoms with Crippen molar-refractivity contribution >= 4 is 35.0 Å². The third kappa shape index (κ3) is 6.39. The minimum Gasteiger partial charge on any atom is -0.325 e. The molecule has 1 aliphatic heterocycles. The van der Waals surface area contributed by atoms with Gasteiger partial charge in [-0.15, -0.1) is 0 Å². The monoisotopic (exact) mass is 414 g/mol. The molecular formula is C21H23ClN4O3. The SMILES string of the molecule is O=C(CN1CCN(CC=Cc2ccccc2)CC1)Nc1ccc(Cl)c([N+](=O)[O-])c1. The van der Waals surface area contributed by atoms with Crippen LogP contribution < -0.4 is 5.32 Å². The number of nitrogens with zero attached hydrogens (tertiary/aromatic N) is 3. The first-order chi connectivity index (χ1) is 14.0. The molecule has 0 spiro atoms. The van der Waals surface area contributed by atoms with E-state index in [2.05, 4.69) is 39.4 Å². The highest BCUT2D eigenvalue weighted by Crippen LogP contribution is 2.27. The fraction of sp³-hybridized carbons (Fsp3) is 0.286. The molecule has 7 nitrogen and oxygen atoms in total. The van der Waals surface area contributed by atoms with E-state index in [0.29, 0.717) is 5.69 Å². The molecule has 0 unspecified atom stereocenters. The molecule has 1 fully saturated rings. The van der Waals surface area contributed by atoms with Crippen LogP contribution in [0.15, 0.2) is 54.6 Å². The summed E-state index contributed by atoms with van der Waals surface area (Å²) in [5.74, 6) is -0.195. The zero-order chi connectivity index (χ0) is 20.6. The van der Waals surface area contributed by atoms with Gasteiger partial charge in [-0.1, -0.05) is 54.1 Å². The summed E-state index contributed by atoms with van der Waals surface area (Å²) in [7, 11) is 0. The zero-order valence-corrected chi connectivity index (χ0v) is 16.7. The number of benzene rings is 2. The van der Waals surface area contributed by atoms with E-state index in [4.69, 9.17) is 11.6 Å². The summed E-state index contributed by atoms with van der Waals surface area (Å²) >= 11 is 5.80. The number of carbonyl (C=O) groups is 1. The Morgan fingerprint density at radius 2 is 1.79 bits per heavy atom. The number of piperazine rings is 1. The molecule has 1 N–H and O–H groups in total. The number of nitrogens with one attached hydrogen (secondary N) is 1. The van der Waals surface area contributed by atoms with Crippen molar-refractivity contribution in [1.29, 1.82) is 0 Å². The van der Waals surface area contributed by atoms with Crippen molar-refractivity contribution in [2.24, 2.45) is 0 Å². The molecule has 0 bridgehead atoms. The van der Waals surface area contributed by atoms with Crippen LogP contribution in [-0.4, -0.2) is 59.9 Å². The van der Waals surface area contributed by atoms with Crippen LogP contribution in [0.4, 0.5) is 11.4 Å². The molecule has 1 amide bonds. The first-order valence-corrected chi connectivity index (χ1v) is 9.79. The van der Waals surface area contributed by atoms with Gasteiger partial charge in [0.05, 0.1) is 11.5 Å². The maximum absolute atomic E-state index is 12.3. The predicted molar refractivity (Wildman–Crippen MR) is 115 cm³/mol. The van der Waals surface area contributed by atoms with Gasteiger partial charge in [-0.25, -0.2) is 0 Å². The van der Waals surface area contributed by atoms with Gasteiger partial charge in [0.2, 0.25) is 5.91 Å². The van der Waals surface area contributed by atoms with E-state index in [1.165, 1.54) is 17.7 Å². The number of nitro benzene ring substituents is 1. The van der Waals surface area contributed by atoms with Crippen LogP contribution >= 0.6 is 11.6 Å². The van der Waals surface area contributed by atoms with Crippen molar-refractivity contribution in [2.75, 3.05) is 44.6 Å². The lowest BCUT2D eigenvalue weighted by Crippen LogP contribution is -2.48. The molecule has 3 rings (SSSR count). The summed E-state index contributed by atoms with van der Waals surface area (Å²) in [5.41, 5.74) is 1.34. The van der Waals surface area contributed by atoms with Crippen molar-refractivity contribution in [3.05, 3.63) is 75.3 Å². The summed E-state index contributed by atoms with van der Waals surface area (Å²) in [6, 6.07) is 14.4. The Labute approximate surface area is 174 Å².